The minimum Gasteiger partial charge on any atom is -0.330 e. The zero-order valence-electron chi connectivity index (χ0n) is 6.83. The van der Waals surface area contributed by atoms with Crippen molar-refractivity contribution in [2.45, 2.75) is 12.8 Å². The van der Waals surface area contributed by atoms with Gasteiger partial charge >= 0.3 is 0 Å². The van der Waals surface area contributed by atoms with Crippen LogP contribution in [0.5, 0.6) is 0 Å². The van der Waals surface area contributed by atoms with Crippen LogP contribution in [-0.2, 0) is 0 Å². The summed E-state index contributed by atoms with van der Waals surface area (Å²) in [7, 11) is 0. The molecule has 0 aliphatic carbocycles. The van der Waals surface area contributed by atoms with Gasteiger partial charge in [0.05, 0.1) is 0 Å². The molecule has 1 aliphatic heterocycles. The summed E-state index contributed by atoms with van der Waals surface area (Å²) in [5, 5.41) is 0. The lowest BCUT2D eigenvalue weighted by Gasteiger charge is -2.27. The Hall–Kier alpha value is 0.660. The van der Waals surface area contributed by atoms with E-state index in [9.17, 15) is 0 Å². The normalized spacial score (nSPS) is 23.5. The van der Waals surface area contributed by atoms with Crippen LogP contribution in [0.4, 0.5) is 0 Å². The number of thioether (sulfide) groups is 1. The average Bonchev–Trinajstić information content (AvgIpc) is 2.09. The molecule has 1 heterocycles. The smallest absolute Gasteiger partial charge is 0.00384 e. The van der Waals surface area contributed by atoms with Crippen LogP contribution in [0.2, 0.25) is 0 Å². The van der Waals surface area contributed by atoms with Crippen LogP contribution in [0.25, 0.3) is 0 Å². The third kappa shape index (κ3) is 2.88. The number of hydrogen-bond acceptors (Lipinski definition) is 3. The SMILES string of the molecule is NCC(CS)C1CCSCC1. The molecule has 0 aromatic rings. The molecule has 0 saturated carbocycles. The standard InChI is InChI=1S/C8H17NS2/c9-5-8(6-10)7-1-3-11-4-2-7/h7-8,10H,1-6,9H2. The van der Waals surface area contributed by atoms with Gasteiger partial charge in [-0.25, -0.2) is 0 Å². The lowest BCUT2D eigenvalue weighted by atomic mass is 9.89. The summed E-state index contributed by atoms with van der Waals surface area (Å²) in [5.74, 6) is 5.15. The number of hydrogen-bond donors (Lipinski definition) is 2. The summed E-state index contributed by atoms with van der Waals surface area (Å²) in [4.78, 5) is 0. The van der Waals surface area contributed by atoms with Crippen molar-refractivity contribution in [3.8, 4) is 0 Å². The van der Waals surface area contributed by atoms with Crippen molar-refractivity contribution in [2.75, 3.05) is 23.8 Å². The van der Waals surface area contributed by atoms with E-state index < -0.39 is 0 Å². The molecule has 66 valence electrons. The van der Waals surface area contributed by atoms with Gasteiger partial charge in [-0.1, -0.05) is 0 Å². The fraction of sp³-hybridized carbons (Fsp3) is 1.00. The third-order valence-electron chi connectivity index (χ3n) is 2.47. The number of nitrogens with two attached hydrogens (primary N) is 1. The second-order valence-corrected chi connectivity index (χ2v) is 4.72. The van der Waals surface area contributed by atoms with Gasteiger partial charge < -0.3 is 5.73 Å². The van der Waals surface area contributed by atoms with E-state index in [0.717, 1.165) is 18.2 Å². The highest BCUT2D eigenvalue weighted by Crippen LogP contribution is 2.28. The molecule has 1 nitrogen and oxygen atoms in total. The van der Waals surface area contributed by atoms with Crippen LogP contribution in [-0.4, -0.2) is 23.8 Å². The van der Waals surface area contributed by atoms with Gasteiger partial charge in [-0.2, -0.15) is 24.4 Å². The Labute approximate surface area is 78.9 Å². The molecule has 0 amide bonds. The summed E-state index contributed by atoms with van der Waals surface area (Å²) >= 11 is 6.39. The molecule has 1 aliphatic rings. The first-order valence-corrected chi connectivity index (χ1v) is 6.06. The molecule has 11 heavy (non-hydrogen) atoms. The molecule has 1 saturated heterocycles. The fourth-order valence-electron chi connectivity index (χ4n) is 1.60. The Balaban J connectivity index is 2.30. The van der Waals surface area contributed by atoms with Crippen LogP contribution in [0, 0.1) is 11.8 Å². The molecular weight excluding hydrogens is 174 g/mol. The van der Waals surface area contributed by atoms with Gasteiger partial charge in [0, 0.05) is 0 Å². The quantitative estimate of drug-likeness (QED) is 0.663. The van der Waals surface area contributed by atoms with Crippen molar-refractivity contribution >= 4 is 24.4 Å². The van der Waals surface area contributed by atoms with Crippen LogP contribution in [0.3, 0.4) is 0 Å². The summed E-state index contributed by atoms with van der Waals surface area (Å²) < 4.78 is 0. The van der Waals surface area contributed by atoms with Crippen molar-refractivity contribution in [1.29, 1.82) is 0 Å². The highest BCUT2D eigenvalue weighted by molar-refractivity contribution is 7.99. The van der Waals surface area contributed by atoms with E-state index >= 15 is 0 Å². The van der Waals surface area contributed by atoms with Gasteiger partial charge in [0.15, 0.2) is 0 Å². The summed E-state index contributed by atoms with van der Waals surface area (Å²) in [6.45, 7) is 0.818. The van der Waals surface area contributed by atoms with Crippen LogP contribution in [0.1, 0.15) is 12.8 Å². The van der Waals surface area contributed by atoms with E-state index in [1.54, 1.807) is 0 Å². The Morgan fingerprint density at radius 3 is 2.55 bits per heavy atom. The summed E-state index contributed by atoms with van der Waals surface area (Å²) in [6, 6.07) is 0. The van der Waals surface area contributed by atoms with Crippen molar-refractivity contribution in [1.82, 2.24) is 0 Å². The Bertz CT molecular complexity index is 98.3. The van der Waals surface area contributed by atoms with Crippen LogP contribution >= 0.6 is 24.4 Å². The molecule has 1 fully saturated rings. The van der Waals surface area contributed by atoms with Gasteiger partial charge in [0.2, 0.25) is 0 Å². The van der Waals surface area contributed by atoms with E-state index in [1.807, 2.05) is 0 Å². The second kappa shape index (κ2) is 5.33. The third-order valence-corrected chi connectivity index (χ3v) is 3.99. The topological polar surface area (TPSA) is 26.0 Å². The van der Waals surface area contributed by atoms with E-state index in [4.69, 9.17) is 5.73 Å². The maximum Gasteiger partial charge on any atom is -0.00384 e. The number of thiol groups is 1. The van der Waals surface area contributed by atoms with Crippen molar-refractivity contribution in [2.24, 2.45) is 17.6 Å². The minimum absolute atomic E-state index is 0.666. The molecule has 0 radical (unpaired) electrons. The molecule has 1 unspecified atom stereocenters. The fourth-order valence-corrected chi connectivity index (χ4v) is 3.19. The zero-order valence-corrected chi connectivity index (χ0v) is 8.54. The van der Waals surface area contributed by atoms with Crippen LogP contribution in [0.15, 0.2) is 0 Å². The van der Waals surface area contributed by atoms with E-state index in [0.29, 0.717) is 5.92 Å². The number of rotatable bonds is 3. The van der Waals surface area contributed by atoms with E-state index in [-0.39, 0.29) is 0 Å². The summed E-state index contributed by atoms with van der Waals surface area (Å²) in [6.07, 6.45) is 2.71. The first-order valence-electron chi connectivity index (χ1n) is 4.27. The highest BCUT2D eigenvalue weighted by Gasteiger charge is 2.21. The predicted octanol–water partition coefficient (Wildman–Crippen LogP) is 1.63. The molecule has 2 N–H and O–H groups in total. The van der Waals surface area contributed by atoms with Gasteiger partial charge in [-0.15, -0.1) is 0 Å². The van der Waals surface area contributed by atoms with Gasteiger partial charge in [-0.3, -0.25) is 0 Å². The van der Waals surface area contributed by atoms with Crippen molar-refractivity contribution in [3.05, 3.63) is 0 Å². The predicted molar refractivity (Wildman–Crippen MR) is 56.4 cm³/mol. The van der Waals surface area contributed by atoms with Gasteiger partial charge in [-0.05, 0) is 48.5 Å². The largest absolute Gasteiger partial charge is 0.330 e. The molecule has 0 bridgehead atoms. The van der Waals surface area contributed by atoms with Gasteiger partial charge in [0.1, 0.15) is 0 Å². The van der Waals surface area contributed by atoms with E-state index in [1.165, 1.54) is 24.3 Å². The van der Waals surface area contributed by atoms with Crippen molar-refractivity contribution in [3.63, 3.8) is 0 Å². The monoisotopic (exact) mass is 191 g/mol. The molecular formula is C8H17NS2. The Morgan fingerprint density at radius 1 is 1.45 bits per heavy atom. The Morgan fingerprint density at radius 2 is 2.09 bits per heavy atom. The summed E-state index contributed by atoms with van der Waals surface area (Å²) in [5.41, 5.74) is 5.66. The maximum absolute atomic E-state index is 5.66. The first-order chi connectivity index (χ1) is 5.38. The molecule has 1 rings (SSSR count). The lowest BCUT2D eigenvalue weighted by Crippen LogP contribution is -2.27. The molecule has 0 aromatic carbocycles. The molecule has 0 spiro atoms. The molecule has 3 heteroatoms. The lowest BCUT2D eigenvalue weighted by molar-refractivity contribution is 0.349. The highest BCUT2D eigenvalue weighted by atomic mass is 32.2. The average molecular weight is 191 g/mol. The van der Waals surface area contributed by atoms with E-state index in [2.05, 4.69) is 24.4 Å². The maximum atomic E-state index is 5.66. The van der Waals surface area contributed by atoms with Crippen LogP contribution < -0.4 is 5.73 Å². The molecule has 0 aromatic heterocycles. The Kier molecular flexibility index (Phi) is 4.72. The second-order valence-electron chi connectivity index (χ2n) is 3.13. The van der Waals surface area contributed by atoms with Crippen molar-refractivity contribution < 1.29 is 0 Å². The zero-order chi connectivity index (χ0) is 8.10. The first kappa shape index (κ1) is 9.75. The molecule has 1 atom stereocenters. The van der Waals surface area contributed by atoms with Gasteiger partial charge in [0.25, 0.3) is 0 Å². The minimum atomic E-state index is 0.666.